The Morgan fingerprint density at radius 3 is 2.78 bits per heavy atom. The first-order chi connectivity index (χ1) is 8.32. The molecule has 0 bridgehead atoms. The molecule has 0 unspecified atom stereocenters. The SMILES string of the molecule is COC(=O)N1N=C2CCCC[C@@H]2[C@]1(O)C(F)(F)F. The van der Waals surface area contributed by atoms with Gasteiger partial charge < -0.3 is 9.84 Å². The zero-order valence-electron chi connectivity index (χ0n) is 9.70. The Labute approximate surface area is 101 Å². The first-order valence-corrected chi connectivity index (χ1v) is 5.57. The fraction of sp³-hybridized carbons (Fsp3) is 0.800. The Balaban J connectivity index is 2.43. The normalized spacial score (nSPS) is 31.9. The zero-order chi connectivity index (χ0) is 13.6. The van der Waals surface area contributed by atoms with E-state index in [1.54, 1.807) is 0 Å². The fourth-order valence-electron chi connectivity index (χ4n) is 2.49. The molecule has 8 heteroatoms. The van der Waals surface area contributed by atoms with E-state index in [-0.39, 0.29) is 17.1 Å². The number of ether oxygens (including phenoxy) is 1. The van der Waals surface area contributed by atoms with Crippen LogP contribution in [0.2, 0.25) is 0 Å². The lowest BCUT2D eigenvalue weighted by molar-refractivity contribution is -0.314. The number of rotatable bonds is 0. The van der Waals surface area contributed by atoms with Gasteiger partial charge in [-0.2, -0.15) is 23.3 Å². The molecule has 0 aromatic carbocycles. The molecule has 1 fully saturated rings. The van der Waals surface area contributed by atoms with Crippen molar-refractivity contribution in [3.05, 3.63) is 0 Å². The third kappa shape index (κ3) is 1.66. The van der Waals surface area contributed by atoms with Crippen LogP contribution in [0.5, 0.6) is 0 Å². The summed E-state index contributed by atoms with van der Waals surface area (Å²) >= 11 is 0. The molecule has 18 heavy (non-hydrogen) atoms. The van der Waals surface area contributed by atoms with Crippen LogP contribution in [0.15, 0.2) is 5.10 Å². The summed E-state index contributed by atoms with van der Waals surface area (Å²) in [6.45, 7) is 0. The predicted octanol–water partition coefficient (Wildman–Crippen LogP) is 1.87. The first kappa shape index (κ1) is 13.1. The molecule has 1 heterocycles. The largest absolute Gasteiger partial charge is 0.451 e. The molecule has 1 amide bonds. The maximum Gasteiger partial charge on any atom is 0.439 e. The van der Waals surface area contributed by atoms with Crippen LogP contribution in [-0.2, 0) is 4.74 Å². The molecular formula is C10H13F3N2O3. The average Bonchev–Trinajstić information content (AvgIpc) is 2.63. The summed E-state index contributed by atoms with van der Waals surface area (Å²) in [4.78, 5) is 11.4. The van der Waals surface area contributed by atoms with E-state index in [1.807, 2.05) is 0 Å². The number of hydrogen-bond acceptors (Lipinski definition) is 4. The molecule has 2 atom stereocenters. The van der Waals surface area contributed by atoms with E-state index >= 15 is 0 Å². The Morgan fingerprint density at radius 1 is 1.56 bits per heavy atom. The minimum Gasteiger partial charge on any atom is -0.451 e. The second-order valence-corrected chi connectivity index (χ2v) is 4.40. The number of hydrogen-bond donors (Lipinski definition) is 1. The molecule has 0 aromatic rings. The van der Waals surface area contributed by atoms with Crippen molar-refractivity contribution >= 4 is 11.8 Å². The Bertz CT molecular complexity index is 396. The first-order valence-electron chi connectivity index (χ1n) is 5.57. The van der Waals surface area contributed by atoms with Crippen molar-refractivity contribution in [3.8, 4) is 0 Å². The van der Waals surface area contributed by atoms with E-state index in [2.05, 4.69) is 9.84 Å². The molecule has 1 N–H and O–H groups in total. The highest BCUT2D eigenvalue weighted by Gasteiger charge is 2.68. The van der Waals surface area contributed by atoms with Crippen molar-refractivity contribution in [3.63, 3.8) is 0 Å². The number of hydrazone groups is 1. The highest BCUT2D eigenvalue weighted by Crippen LogP contribution is 2.48. The van der Waals surface area contributed by atoms with Crippen LogP contribution < -0.4 is 0 Å². The monoisotopic (exact) mass is 266 g/mol. The van der Waals surface area contributed by atoms with Gasteiger partial charge in [-0.25, -0.2) is 4.79 Å². The minimum atomic E-state index is -4.98. The van der Waals surface area contributed by atoms with Crippen LogP contribution in [-0.4, -0.2) is 40.9 Å². The number of carbonyl (C=O) groups excluding carboxylic acids is 1. The Hall–Kier alpha value is -1.31. The van der Waals surface area contributed by atoms with Crippen LogP contribution in [0.4, 0.5) is 18.0 Å². The molecular weight excluding hydrogens is 253 g/mol. The number of carbonyl (C=O) groups is 1. The van der Waals surface area contributed by atoms with Crippen molar-refractivity contribution in [2.45, 2.75) is 37.6 Å². The number of amides is 1. The molecule has 0 saturated heterocycles. The van der Waals surface area contributed by atoms with Gasteiger partial charge in [0.1, 0.15) is 0 Å². The summed E-state index contributed by atoms with van der Waals surface area (Å²) in [6, 6.07) is 0. The van der Waals surface area contributed by atoms with E-state index < -0.39 is 23.9 Å². The summed E-state index contributed by atoms with van der Waals surface area (Å²) in [6.07, 6.45) is -4.50. The van der Waals surface area contributed by atoms with Crippen LogP contribution >= 0.6 is 0 Å². The number of methoxy groups -OCH3 is 1. The van der Waals surface area contributed by atoms with Crippen LogP contribution in [0, 0.1) is 5.92 Å². The second kappa shape index (κ2) is 4.11. The number of halogens is 3. The summed E-state index contributed by atoms with van der Waals surface area (Å²) < 4.78 is 43.5. The van der Waals surface area contributed by atoms with Crippen molar-refractivity contribution in [2.24, 2.45) is 11.0 Å². The molecule has 1 aliphatic carbocycles. The number of fused-ring (bicyclic) bond motifs is 1. The number of nitrogens with zero attached hydrogens (tertiary/aromatic N) is 2. The molecule has 0 spiro atoms. The summed E-state index contributed by atoms with van der Waals surface area (Å²) in [7, 11) is 0.946. The molecule has 102 valence electrons. The van der Waals surface area contributed by atoms with E-state index in [1.165, 1.54) is 0 Å². The van der Waals surface area contributed by atoms with Crippen LogP contribution in [0.1, 0.15) is 25.7 Å². The van der Waals surface area contributed by atoms with Crippen molar-refractivity contribution in [1.29, 1.82) is 0 Å². The molecule has 2 aliphatic rings. The molecule has 0 radical (unpaired) electrons. The van der Waals surface area contributed by atoms with Gasteiger partial charge in [0.15, 0.2) is 0 Å². The third-order valence-corrected chi connectivity index (χ3v) is 3.38. The zero-order valence-corrected chi connectivity index (χ0v) is 9.70. The van der Waals surface area contributed by atoms with Gasteiger partial charge in [-0.15, -0.1) is 0 Å². The van der Waals surface area contributed by atoms with E-state index in [4.69, 9.17) is 0 Å². The molecule has 2 rings (SSSR count). The molecule has 0 aromatic heterocycles. The second-order valence-electron chi connectivity index (χ2n) is 4.40. The summed E-state index contributed by atoms with van der Waals surface area (Å²) in [5, 5.41) is 13.6. The van der Waals surface area contributed by atoms with Gasteiger partial charge in [-0.3, -0.25) is 0 Å². The van der Waals surface area contributed by atoms with Gasteiger partial charge in [0, 0.05) is 5.71 Å². The maximum atomic E-state index is 13.1. The average molecular weight is 266 g/mol. The third-order valence-electron chi connectivity index (χ3n) is 3.38. The fourth-order valence-corrected chi connectivity index (χ4v) is 2.49. The molecule has 5 nitrogen and oxygen atoms in total. The van der Waals surface area contributed by atoms with Gasteiger partial charge in [0.25, 0.3) is 5.72 Å². The standard InChI is InChI=1S/C10H13F3N2O3/c1-18-8(16)15-9(17,10(11,12)13)6-4-2-3-5-7(6)14-15/h6,17H,2-5H2,1H3/t6-,9-/m0/s1. The highest BCUT2D eigenvalue weighted by atomic mass is 19.4. The van der Waals surface area contributed by atoms with E-state index in [9.17, 15) is 23.1 Å². The number of aliphatic hydroxyl groups is 1. The van der Waals surface area contributed by atoms with E-state index in [0.29, 0.717) is 19.3 Å². The lowest BCUT2D eigenvalue weighted by atomic mass is 9.80. The maximum absolute atomic E-state index is 13.1. The van der Waals surface area contributed by atoms with Gasteiger partial charge in [0.05, 0.1) is 13.0 Å². The van der Waals surface area contributed by atoms with Gasteiger partial charge in [-0.1, -0.05) is 6.42 Å². The molecule has 1 aliphatic heterocycles. The Kier molecular flexibility index (Phi) is 3.00. The minimum absolute atomic E-state index is 0.0261. The van der Waals surface area contributed by atoms with Crippen molar-refractivity contribution in [2.75, 3.05) is 7.11 Å². The summed E-state index contributed by atoms with van der Waals surface area (Å²) in [5.41, 5.74) is -3.07. The van der Waals surface area contributed by atoms with Crippen LogP contribution in [0.3, 0.4) is 0 Å². The quantitative estimate of drug-likeness (QED) is 0.728. The van der Waals surface area contributed by atoms with Gasteiger partial charge in [-0.05, 0) is 19.3 Å². The van der Waals surface area contributed by atoms with Crippen molar-refractivity contribution < 1.29 is 27.8 Å². The van der Waals surface area contributed by atoms with Crippen molar-refractivity contribution in [1.82, 2.24) is 5.01 Å². The Morgan fingerprint density at radius 2 is 2.22 bits per heavy atom. The smallest absolute Gasteiger partial charge is 0.439 e. The number of alkyl halides is 3. The lowest BCUT2D eigenvalue weighted by Crippen LogP contribution is -2.61. The highest BCUT2D eigenvalue weighted by molar-refractivity contribution is 5.92. The predicted molar refractivity (Wildman–Crippen MR) is 54.6 cm³/mol. The summed E-state index contributed by atoms with van der Waals surface area (Å²) in [5.74, 6) is -1.19. The molecule has 1 saturated carbocycles. The van der Waals surface area contributed by atoms with Gasteiger partial charge in [0.2, 0.25) is 0 Å². The van der Waals surface area contributed by atoms with E-state index in [0.717, 1.165) is 7.11 Å². The van der Waals surface area contributed by atoms with Gasteiger partial charge >= 0.3 is 12.3 Å². The lowest BCUT2D eigenvalue weighted by Gasteiger charge is -2.37. The van der Waals surface area contributed by atoms with Crippen LogP contribution in [0.25, 0.3) is 0 Å². The topological polar surface area (TPSA) is 62.1 Å².